The van der Waals surface area contributed by atoms with Gasteiger partial charge in [0.05, 0.1) is 12.0 Å². The molecule has 1 aliphatic rings. The highest BCUT2D eigenvalue weighted by Gasteiger charge is 2.35. The lowest BCUT2D eigenvalue weighted by Crippen LogP contribution is -2.18. The molecule has 0 aromatic heterocycles. The molecule has 0 radical (unpaired) electrons. The molecule has 1 N–H and O–H groups in total. The fourth-order valence-corrected chi connectivity index (χ4v) is 2.07. The van der Waals surface area contributed by atoms with Gasteiger partial charge in [0, 0.05) is 6.61 Å². The van der Waals surface area contributed by atoms with Crippen LogP contribution in [-0.4, -0.2) is 17.7 Å². The minimum absolute atomic E-state index is 0.361. The van der Waals surface area contributed by atoms with Crippen LogP contribution in [0, 0.1) is 18.7 Å². The summed E-state index contributed by atoms with van der Waals surface area (Å²) >= 11 is 0. The van der Waals surface area contributed by atoms with Crippen LogP contribution in [-0.2, 0) is 9.53 Å². The van der Waals surface area contributed by atoms with Gasteiger partial charge in [-0.15, -0.1) is 0 Å². The van der Waals surface area contributed by atoms with Gasteiger partial charge in [-0.1, -0.05) is 6.07 Å². The van der Waals surface area contributed by atoms with Crippen molar-refractivity contribution < 1.29 is 19.0 Å². The lowest BCUT2D eigenvalue weighted by molar-refractivity contribution is -0.143. The highest BCUT2D eigenvalue weighted by Crippen LogP contribution is 2.36. The summed E-state index contributed by atoms with van der Waals surface area (Å²) in [6, 6.07) is 4.37. The van der Waals surface area contributed by atoms with Gasteiger partial charge < -0.3 is 9.84 Å². The summed E-state index contributed by atoms with van der Waals surface area (Å²) in [5.41, 5.74) is 1.50. The quantitative estimate of drug-likeness (QED) is 0.838. The number of aryl methyl sites for hydroxylation is 1. The molecule has 1 heterocycles. The maximum absolute atomic E-state index is 13.1. The molecule has 0 bridgehead atoms. The van der Waals surface area contributed by atoms with Gasteiger partial charge in [0.2, 0.25) is 0 Å². The Morgan fingerprint density at radius 2 is 2.31 bits per heavy atom. The van der Waals surface area contributed by atoms with Crippen LogP contribution >= 0.6 is 0 Å². The van der Waals surface area contributed by atoms with E-state index in [9.17, 15) is 9.18 Å². The number of carbonyl (C=O) groups is 1. The molecule has 1 fully saturated rings. The van der Waals surface area contributed by atoms with Gasteiger partial charge in [-0.3, -0.25) is 4.79 Å². The Balaban J connectivity index is 2.35. The highest BCUT2D eigenvalue weighted by molar-refractivity contribution is 5.71. The first-order valence-electron chi connectivity index (χ1n) is 5.20. The summed E-state index contributed by atoms with van der Waals surface area (Å²) in [6.45, 7) is 2.24. The number of ether oxygens (including phenoxy) is 1. The molecule has 0 saturated carbocycles. The Kier molecular flexibility index (Phi) is 2.92. The van der Waals surface area contributed by atoms with E-state index in [2.05, 4.69) is 0 Å². The molecule has 1 saturated heterocycles. The normalized spacial score (nSPS) is 24.6. The molecular formula is C12H13FO3. The van der Waals surface area contributed by atoms with Crippen LogP contribution in [0.5, 0.6) is 0 Å². The van der Waals surface area contributed by atoms with Crippen molar-refractivity contribution in [1.82, 2.24) is 0 Å². The predicted molar refractivity (Wildman–Crippen MR) is 55.6 cm³/mol. The van der Waals surface area contributed by atoms with Crippen LogP contribution in [0.25, 0.3) is 0 Å². The van der Waals surface area contributed by atoms with E-state index >= 15 is 0 Å². The van der Waals surface area contributed by atoms with E-state index in [0.717, 1.165) is 5.56 Å². The third-order valence-electron chi connectivity index (χ3n) is 2.96. The SMILES string of the molecule is Cc1ccc(F)cc1C1OCCC1C(=O)O. The second kappa shape index (κ2) is 4.22. The van der Waals surface area contributed by atoms with E-state index in [1.807, 2.05) is 6.92 Å². The van der Waals surface area contributed by atoms with Gasteiger partial charge in [0.25, 0.3) is 0 Å². The Hall–Kier alpha value is -1.42. The van der Waals surface area contributed by atoms with Crippen molar-refractivity contribution >= 4 is 5.97 Å². The fourth-order valence-electron chi connectivity index (χ4n) is 2.07. The molecule has 0 aliphatic carbocycles. The van der Waals surface area contributed by atoms with Crippen molar-refractivity contribution in [3.63, 3.8) is 0 Å². The topological polar surface area (TPSA) is 46.5 Å². The minimum Gasteiger partial charge on any atom is -0.481 e. The van der Waals surface area contributed by atoms with Crippen molar-refractivity contribution in [1.29, 1.82) is 0 Å². The third-order valence-corrected chi connectivity index (χ3v) is 2.96. The Morgan fingerprint density at radius 1 is 1.56 bits per heavy atom. The zero-order chi connectivity index (χ0) is 11.7. The van der Waals surface area contributed by atoms with Gasteiger partial charge in [-0.05, 0) is 36.6 Å². The molecule has 86 valence electrons. The van der Waals surface area contributed by atoms with E-state index < -0.39 is 18.0 Å². The van der Waals surface area contributed by atoms with Crippen molar-refractivity contribution in [2.75, 3.05) is 6.61 Å². The summed E-state index contributed by atoms with van der Waals surface area (Å²) in [6.07, 6.45) is -0.0381. The van der Waals surface area contributed by atoms with E-state index in [1.165, 1.54) is 12.1 Å². The summed E-state index contributed by atoms with van der Waals surface area (Å²) in [7, 11) is 0. The number of carboxylic acids is 1. The average molecular weight is 224 g/mol. The number of benzene rings is 1. The zero-order valence-corrected chi connectivity index (χ0v) is 8.94. The first-order chi connectivity index (χ1) is 7.59. The summed E-state index contributed by atoms with van der Waals surface area (Å²) in [5, 5.41) is 9.03. The molecule has 1 aromatic carbocycles. The maximum atomic E-state index is 13.1. The van der Waals surface area contributed by atoms with Crippen molar-refractivity contribution in [2.45, 2.75) is 19.4 Å². The number of rotatable bonds is 2. The molecular weight excluding hydrogens is 211 g/mol. The second-order valence-electron chi connectivity index (χ2n) is 4.03. The maximum Gasteiger partial charge on any atom is 0.309 e. The van der Waals surface area contributed by atoms with Gasteiger partial charge in [0.15, 0.2) is 0 Å². The monoisotopic (exact) mass is 224 g/mol. The van der Waals surface area contributed by atoms with Gasteiger partial charge in [-0.2, -0.15) is 0 Å². The van der Waals surface area contributed by atoms with Gasteiger partial charge in [0.1, 0.15) is 5.82 Å². The molecule has 2 atom stereocenters. The van der Waals surface area contributed by atoms with Crippen molar-refractivity contribution in [3.8, 4) is 0 Å². The molecule has 3 nitrogen and oxygen atoms in total. The molecule has 1 aliphatic heterocycles. The smallest absolute Gasteiger partial charge is 0.309 e. The highest BCUT2D eigenvalue weighted by atomic mass is 19.1. The number of hydrogen-bond donors (Lipinski definition) is 1. The summed E-state index contributed by atoms with van der Waals surface area (Å²) < 4.78 is 18.5. The van der Waals surface area contributed by atoms with Crippen LogP contribution in [0.2, 0.25) is 0 Å². The minimum atomic E-state index is -0.883. The van der Waals surface area contributed by atoms with Crippen LogP contribution in [0.3, 0.4) is 0 Å². The van der Waals surface area contributed by atoms with Gasteiger partial charge >= 0.3 is 5.97 Å². The Morgan fingerprint density at radius 3 is 3.00 bits per heavy atom. The lowest BCUT2D eigenvalue weighted by atomic mass is 9.92. The Labute approximate surface area is 92.9 Å². The van der Waals surface area contributed by atoms with Crippen LogP contribution < -0.4 is 0 Å². The average Bonchev–Trinajstić information content (AvgIpc) is 2.70. The first kappa shape index (κ1) is 11.1. The lowest BCUT2D eigenvalue weighted by Gasteiger charge is -2.17. The summed E-state index contributed by atoms with van der Waals surface area (Å²) in [5.74, 6) is -1.81. The summed E-state index contributed by atoms with van der Waals surface area (Å²) in [4.78, 5) is 11.0. The van der Waals surface area contributed by atoms with E-state index in [1.54, 1.807) is 6.07 Å². The molecule has 2 rings (SSSR count). The molecule has 1 aromatic rings. The standard InChI is InChI=1S/C12H13FO3/c1-7-2-3-8(13)6-10(7)11-9(12(14)15)4-5-16-11/h2-3,6,9,11H,4-5H2,1H3,(H,14,15). The van der Waals surface area contributed by atoms with Crippen LogP contribution in [0.1, 0.15) is 23.7 Å². The van der Waals surface area contributed by atoms with Crippen LogP contribution in [0.4, 0.5) is 4.39 Å². The number of carboxylic acid groups (broad SMARTS) is 1. The molecule has 4 heteroatoms. The number of aliphatic carboxylic acids is 1. The van der Waals surface area contributed by atoms with Crippen molar-refractivity contribution in [2.24, 2.45) is 5.92 Å². The molecule has 2 unspecified atom stereocenters. The Bertz CT molecular complexity index is 417. The van der Waals surface area contributed by atoms with E-state index in [0.29, 0.717) is 18.6 Å². The van der Waals surface area contributed by atoms with E-state index in [4.69, 9.17) is 9.84 Å². The van der Waals surface area contributed by atoms with Gasteiger partial charge in [-0.25, -0.2) is 4.39 Å². The molecule has 0 amide bonds. The first-order valence-corrected chi connectivity index (χ1v) is 5.20. The van der Waals surface area contributed by atoms with E-state index in [-0.39, 0.29) is 5.82 Å². The van der Waals surface area contributed by atoms with Crippen LogP contribution in [0.15, 0.2) is 18.2 Å². The fraction of sp³-hybridized carbons (Fsp3) is 0.417. The zero-order valence-electron chi connectivity index (χ0n) is 8.94. The third kappa shape index (κ3) is 1.93. The number of halogens is 1. The second-order valence-corrected chi connectivity index (χ2v) is 4.03. The molecule has 16 heavy (non-hydrogen) atoms. The predicted octanol–water partition coefficient (Wildman–Crippen LogP) is 2.30. The molecule has 0 spiro atoms. The largest absolute Gasteiger partial charge is 0.481 e. The van der Waals surface area contributed by atoms with Crippen molar-refractivity contribution in [3.05, 3.63) is 35.1 Å². The number of hydrogen-bond acceptors (Lipinski definition) is 2.